The molecule has 0 saturated carbocycles. The van der Waals surface area contributed by atoms with Gasteiger partial charge < -0.3 is 25.1 Å². The van der Waals surface area contributed by atoms with Crippen LogP contribution in [-0.4, -0.2) is 50.3 Å². The predicted molar refractivity (Wildman–Crippen MR) is 107 cm³/mol. The van der Waals surface area contributed by atoms with E-state index in [1.165, 1.54) is 11.1 Å². The Balaban J connectivity index is 1.59. The quantitative estimate of drug-likeness (QED) is 0.637. The molecule has 1 aliphatic heterocycles. The number of fused-ring (bicyclic) bond motifs is 1. The van der Waals surface area contributed by atoms with Gasteiger partial charge in [0, 0.05) is 12.4 Å². The molecule has 150 valence electrons. The van der Waals surface area contributed by atoms with Gasteiger partial charge in [0.15, 0.2) is 0 Å². The standard InChI is InChI=1S/C20H22N6O3/c1-12-7-14(8-22-18(12)21)23-19(27)20(28)26-13(2)10-29-11-16(26)15-9-25-6-4-3-5-17(25)24-15/h3-9,13,16H,10-11H2,1-2H3,(H2,21,22)(H,23,27)/t13-,16-/m1/s1. The highest BCUT2D eigenvalue weighted by molar-refractivity contribution is 6.39. The van der Waals surface area contributed by atoms with Crippen LogP contribution in [0, 0.1) is 6.92 Å². The third-order valence-electron chi connectivity index (χ3n) is 4.97. The number of hydrogen-bond acceptors (Lipinski definition) is 6. The average molecular weight is 394 g/mol. The summed E-state index contributed by atoms with van der Waals surface area (Å²) in [7, 11) is 0. The first-order valence-electron chi connectivity index (χ1n) is 9.31. The second-order valence-corrected chi connectivity index (χ2v) is 7.13. The number of amides is 2. The summed E-state index contributed by atoms with van der Waals surface area (Å²) in [4.78, 5) is 35.9. The SMILES string of the molecule is Cc1cc(NC(=O)C(=O)N2[C@H](C)COC[C@@H]2c2cn3ccccc3n2)cnc1N. The Kier molecular flexibility index (Phi) is 4.89. The topological polar surface area (TPSA) is 115 Å². The van der Waals surface area contributed by atoms with Crippen molar-refractivity contribution in [3.8, 4) is 0 Å². The number of nitrogens with two attached hydrogens (primary N) is 1. The summed E-state index contributed by atoms with van der Waals surface area (Å²) in [6.07, 6.45) is 5.16. The molecule has 0 unspecified atom stereocenters. The summed E-state index contributed by atoms with van der Waals surface area (Å²) in [5.74, 6) is -1.00. The molecule has 1 saturated heterocycles. The van der Waals surface area contributed by atoms with Crippen molar-refractivity contribution >= 4 is 29.0 Å². The lowest BCUT2D eigenvalue weighted by Gasteiger charge is -2.39. The maximum Gasteiger partial charge on any atom is 0.313 e. The molecular formula is C20H22N6O3. The summed E-state index contributed by atoms with van der Waals surface area (Å²) in [5.41, 5.74) is 8.28. The number of hydrogen-bond donors (Lipinski definition) is 2. The highest BCUT2D eigenvalue weighted by atomic mass is 16.5. The molecule has 3 aromatic heterocycles. The van der Waals surface area contributed by atoms with E-state index in [4.69, 9.17) is 10.5 Å². The normalized spacial score (nSPS) is 19.3. The van der Waals surface area contributed by atoms with Gasteiger partial charge in [0.25, 0.3) is 0 Å². The van der Waals surface area contributed by atoms with E-state index in [2.05, 4.69) is 15.3 Å². The third kappa shape index (κ3) is 3.64. The van der Waals surface area contributed by atoms with Gasteiger partial charge in [-0.3, -0.25) is 9.59 Å². The highest BCUT2D eigenvalue weighted by Crippen LogP contribution is 2.27. The van der Waals surface area contributed by atoms with Gasteiger partial charge >= 0.3 is 11.8 Å². The zero-order valence-electron chi connectivity index (χ0n) is 16.2. The number of nitrogen functional groups attached to an aromatic ring is 1. The first-order chi connectivity index (χ1) is 13.9. The number of nitrogens with zero attached hydrogens (tertiary/aromatic N) is 4. The number of rotatable bonds is 2. The highest BCUT2D eigenvalue weighted by Gasteiger charge is 2.38. The minimum Gasteiger partial charge on any atom is -0.383 e. The molecule has 0 radical (unpaired) electrons. The van der Waals surface area contributed by atoms with Gasteiger partial charge in [-0.15, -0.1) is 0 Å². The molecule has 1 aliphatic rings. The molecule has 0 bridgehead atoms. The van der Waals surface area contributed by atoms with Crippen LogP contribution in [0.3, 0.4) is 0 Å². The third-order valence-corrected chi connectivity index (χ3v) is 4.97. The average Bonchev–Trinajstić information content (AvgIpc) is 3.14. The van der Waals surface area contributed by atoms with Crippen LogP contribution < -0.4 is 11.1 Å². The molecule has 1 fully saturated rings. The van der Waals surface area contributed by atoms with Crippen molar-refractivity contribution in [2.45, 2.75) is 25.9 Å². The molecular weight excluding hydrogens is 372 g/mol. The van der Waals surface area contributed by atoms with Crippen LogP contribution in [0.5, 0.6) is 0 Å². The number of carbonyl (C=O) groups excluding carboxylic acids is 2. The van der Waals surface area contributed by atoms with E-state index in [0.29, 0.717) is 23.8 Å². The summed E-state index contributed by atoms with van der Waals surface area (Å²) in [5, 5.41) is 2.61. The Hall–Kier alpha value is -3.46. The molecule has 3 N–H and O–H groups in total. The van der Waals surface area contributed by atoms with Gasteiger partial charge in [-0.2, -0.15) is 0 Å². The number of nitrogens with one attached hydrogen (secondary N) is 1. The second-order valence-electron chi connectivity index (χ2n) is 7.13. The summed E-state index contributed by atoms with van der Waals surface area (Å²) in [6.45, 7) is 4.26. The molecule has 2 atom stereocenters. The van der Waals surface area contributed by atoms with Crippen molar-refractivity contribution in [1.82, 2.24) is 19.3 Å². The first kappa shape index (κ1) is 18.9. The van der Waals surface area contributed by atoms with Crippen LogP contribution >= 0.6 is 0 Å². The number of aromatic nitrogens is 3. The molecule has 0 spiro atoms. The van der Waals surface area contributed by atoms with E-state index in [9.17, 15) is 9.59 Å². The lowest BCUT2D eigenvalue weighted by molar-refractivity contribution is -0.153. The Morgan fingerprint density at radius 3 is 2.90 bits per heavy atom. The van der Waals surface area contributed by atoms with Crippen molar-refractivity contribution in [3.63, 3.8) is 0 Å². The molecule has 29 heavy (non-hydrogen) atoms. The van der Waals surface area contributed by atoms with Crippen LogP contribution in [0.25, 0.3) is 5.65 Å². The minimum atomic E-state index is -0.738. The molecule has 3 aromatic rings. The summed E-state index contributed by atoms with van der Waals surface area (Å²) in [6, 6.07) is 6.62. The van der Waals surface area contributed by atoms with Gasteiger partial charge in [-0.05, 0) is 37.6 Å². The van der Waals surface area contributed by atoms with Crippen molar-refractivity contribution in [2.75, 3.05) is 24.3 Å². The number of imidazole rings is 1. The van der Waals surface area contributed by atoms with Crippen LogP contribution in [0.2, 0.25) is 0 Å². The van der Waals surface area contributed by atoms with Crippen molar-refractivity contribution in [2.24, 2.45) is 0 Å². The maximum atomic E-state index is 13.0. The number of ether oxygens (including phenoxy) is 1. The molecule has 4 heterocycles. The van der Waals surface area contributed by atoms with Gasteiger partial charge in [-0.1, -0.05) is 6.07 Å². The molecule has 2 amide bonds. The van der Waals surface area contributed by atoms with E-state index >= 15 is 0 Å². The zero-order chi connectivity index (χ0) is 20.5. The molecule has 0 aromatic carbocycles. The predicted octanol–water partition coefficient (Wildman–Crippen LogP) is 1.55. The zero-order valence-corrected chi connectivity index (χ0v) is 16.2. The van der Waals surface area contributed by atoms with Crippen molar-refractivity contribution < 1.29 is 14.3 Å². The number of anilines is 2. The van der Waals surface area contributed by atoms with Crippen molar-refractivity contribution in [3.05, 3.63) is 54.1 Å². The van der Waals surface area contributed by atoms with Crippen LogP contribution in [0.15, 0.2) is 42.9 Å². The van der Waals surface area contributed by atoms with Gasteiger partial charge in [0.2, 0.25) is 0 Å². The van der Waals surface area contributed by atoms with E-state index in [1.54, 1.807) is 13.0 Å². The lowest BCUT2D eigenvalue weighted by atomic mass is 10.1. The number of morpholine rings is 1. The smallest absolute Gasteiger partial charge is 0.313 e. The largest absolute Gasteiger partial charge is 0.383 e. The monoisotopic (exact) mass is 394 g/mol. The molecule has 0 aliphatic carbocycles. The Labute approximate surface area is 167 Å². The lowest BCUT2D eigenvalue weighted by Crippen LogP contribution is -2.52. The Morgan fingerprint density at radius 1 is 1.31 bits per heavy atom. The van der Waals surface area contributed by atoms with E-state index in [1.807, 2.05) is 41.9 Å². The van der Waals surface area contributed by atoms with Crippen LogP contribution in [0.1, 0.15) is 24.2 Å². The van der Waals surface area contributed by atoms with E-state index in [-0.39, 0.29) is 12.6 Å². The van der Waals surface area contributed by atoms with Gasteiger partial charge in [-0.25, -0.2) is 9.97 Å². The summed E-state index contributed by atoms with van der Waals surface area (Å²) >= 11 is 0. The fraction of sp³-hybridized carbons (Fsp3) is 0.300. The maximum absolute atomic E-state index is 13.0. The van der Waals surface area contributed by atoms with Crippen LogP contribution in [-0.2, 0) is 14.3 Å². The van der Waals surface area contributed by atoms with E-state index < -0.39 is 17.9 Å². The minimum absolute atomic E-state index is 0.274. The fourth-order valence-corrected chi connectivity index (χ4v) is 3.46. The van der Waals surface area contributed by atoms with Gasteiger partial charge in [0.05, 0.1) is 42.9 Å². The van der Waals surface area contributed by atoms with Crippen LogP contribution in [0.4, 0.5) is 11.5 Å². The Bertz CT molecular complexity index is 1050. The molecule has 4 rings (SSSR count). The Morgan fingerprint density at radius 2 is 2.14 bits per heavy atom. The van der Waals surface area contributed by atoms with E-state index in [0.717, 1.165) is 11.2 Å². The number of pyridine rings is 2. The van der Waals surface area contributed by atoms with Crippen molar-refractivity contribution in [1.29, 1.82) is 0 Å². The summed E-state index contributed by atoms with van der Waals surface area (Å²) < 4.78 is 7.53. The van der Waals surface area contributed by atoms with Gasteiger partial charge in [0.1, 0.15) is 11.5 Å². The molecule has 9 heteroatoms. The number of carbonyl (C=O) groups is 2. The second kappa shape index (κ2) is 7.51. The first-order valence-corrected chi connectivity index (χ1v) is 9.31. The number of aryl methyl sites for hydroxylation is 1. The fourth-order valence-electron chi connectivity index (χ4n) is 3.46. The molecule has 9 nitrogen and oxygen atoms in total.